The second kappa shape index (κ2) is 6.29. The van der Waals surface area contributed by atoms with Gasteiger partial charge in [0, 0.05) is 25.1 Å². The summed E-state index contributed by atoms with van der Waals surface area (Å²) >= 11 is 0. The van der Waals surface area contributed by atoms with Crippen LogP contribution in [0.4, 0.5) is 0 Å². The van der Waals surface area contributed by atoms with Gasteiger partial charge in [-0.2, -0.15) is 5.10 Å². The summed E-state index contributed by atoms with van der Waals surface area (Å²) in [6, 6.07) is 1.95. The number of aromatic nitrogens is 4. The molecular formula is C15H21N5O2. The van der Waals surface area contributed by atoms with Gasteiger partial charge in [0.15, 0.2) is 0 Å². The first-order valence-electron chi connectivity index (χ1n) is 7.79. The van der Waals surface area contributed by atoms with Gasteiger partial charge in [0.2, 0.25) is 5.76 Å². The van der Waals surface area contributed by atoms with Gasteiger partial charge in [0.05, 0.1) is 11.7 Å². The van der Waals surface area contributed by atoms with Crippen LogP contribution in [0.2, 0.25) is 0 Å². The van der Waals surface area contributed by atoms with E-state index in [1.807, 2.05) is 9.58 Å². The first-order valence-corrected chi connectivity index (χ1v) is 7.79. The molecule has 1 saturated heterocycles. The lowest BCUT2D eigenvalue weighted by Crippen LogP contribution is -2.40. The molecule has 2 aromatic rings. The smallest absolute Gasteiger partial charge is 0.292 e. The zero-order valence-corrected chi connectivity index (χ0v) is 13.0. The SMILES string of the molecule is CCC(C)c1cc(C(=O)N2CCCC(n3cncn3)C2)on1. The van der Waals surface area contributed by atoms with Gasteiger partial charge in [-0.3, -0.25) is 4.79 Å². The van der Waals surface area contributed by atoms with Crippen LogP contribution in [0.15, 0.2) is 23.2 Å². The maximum Gasteiger partial charge on any atom is 0.292 e. The predicted molar refractivity (Wildman–Crippen MR) is 79.4 cm³/mol. The molecule has 2 aromatic heterocycles. The molecule has 7 heteroatoms. The average molecular weight is 303 g/mol. The van der Waals surface area contributed by atoms with Gasteiger partial charge in [0.1, 0.15) is 12.7 Å². The topological polar surface area (TPSA) is 77.0 Å². The Balaban J connectivity index is 1.70. The van der Waals surface area contributed by atoms with Crippen LogP contribution in [0.1, 0.15) is 61.3 Å². The zero-order valence-electron chi connectivity index (χ0n) is 13.0. The van der Waals surface area contributed by atoms with Crippen LogP contribution in [-0.2, 0) is 0 Å². The van der Waals surface area contributed by atoms with Gasteiger partial charge >= 0.3 is 0 Å². The molecule has 0 bridgehead atoms. The summed E-state index contributed by atoms with van der Waals surface area (Å²) in [7, 11) is 0. The van der Waals surface area contributed by atoms with Crippen molar-refractivity contribution >= 4 is 5.91 Å². The Bertz CT molecular complexity index is 622. The molecule has 0 aliphatic carbocycles. The van der Waals surface area contributed by atoms with Crippen LogP contribution in [0.3, 0.4) is 0 Å². The maximum absolute atomic E-state index is 12.6. The third-order valence-electron chi connectivity index (χ3n) is 4.35. The monoisotopic (exact) mass is 303 g/mol. The molecular weight excluding hydrogens is 282 g/mol. The summed E-state index contributed by atoms with van der Waals surface area (Å²) in [5.41, 5.74) is 0.843. The number of likely N-dealkylation sites (tertiary alicyclic amines) is 1. The van der Waals surface area contributed by atoms with Crippen LogP contribution < -0.4 is 0 Å². The Hall–Kier alpha value is -2.18. The van der Waals surface area contributed by atoms with Crippen molar-refractivity contribution in [3.8, 4) is 0 Å². The normalized spacial score (nSPS) is 20.1. The maximum atomic E-state index is 12.6. The van der Waals surface area contributed by atoms with Crippen molar-refractivity contribution in [1.82, 2.24) is 24.8 Å². The first kappa shape index (κ1) is 14.7. The van der Waals surface area contributed by atoms with Crippen molar-refractivity contribution in [2.75, 3.05) is 13.1 Å². The molecule has 118 valence electrons. The fourth-order valence-corrected chi connectivity index (χ4v) is 2.75. The van der Waals surface area contributed by atoms with E-state index in [-0.39, 0.29) is 11.9 Å². The number of hydrogen-bond donors (Lipinski definition) is 0. The summed E-state index contributed by atoms with van der Waals surface area (Å²) in [5.74, 6) is 0.538. The minimum Gasteiger partial charge on any atom is -0.351 e. The molecule has 0 spiro atoms. The Morgan fingerprint density at radius 3 is 3.14 bits per heavy atom. The number of piperidine rings is 1. The van der Waals surface area contributed by atoms with Gasteiger partial charge in [-0.1, -0.05) is 19.0 Å². The summed E-state index contributed by atoms with van der Waals surface area (Å²) in [5, 5.41) is 8.20. The lowest BCUT2D eigenvalue weighted by molar-refractivity contribution is 0.0631. The number of amides is 1. The van der Waals surface area contributed by atoms with Gasteiger partial charge in [-0.05, 0) is 19.3 Å². The minimum absolute atomic E-state index is 0.0909. The number of carbonyl (C=O) groups excluding carboxylic acids is 1. The number of hydrogen-bond acceptors (Lipinski definition) is 5. The molecule has 3 heterocycles. The molecule has 22 heavy (non-hydrogen) atoms. The van der Waals surface area contributed by atoms with Crippen LogP contribution in [0, 0.1) is 0 Å². The fraction of sp³-hybridized carbons (Fsp3) is 0.600. The number of rotatable bonds is 4. The Kier molecular flexibility index (Phi) is 4.22. The molecule has 1 aliphatic heterocycles. The highest BCUT2D eigenvalue weighted by molar-refractivity contribution is 5.91. The van der Waals surface area contributed by atoms with E-state index in [0.717, 1.165) is 31.5 Å². The largest absolute Gasteiger partial charge is 0.351 e. The molecule has 2 unspecified atom stereocenters. The third-order valence-corrected chi connectivity index (χ3v) is 4.35. The van der Waals surface area contributed by atoms with E-state index >= 15 is 0 Å². The highest BCUT2D eigenvalue weighted by Crippen LogP contribution is 2.23. The number of nitrogens with zero attached hydrogens (tertiary/aromatic N) is 5. The summed E-state index contributed by atoms with van der Waals surface area (Å²) in [4.78, 5) is 18.4. The highest BCUT2D eigenvalue weighted by Gasteiger charge is 2.28. The molecule has 0 N–H and O–H groups in total. The van der Waals surface area contributed by atoms with Crippen molar-refractivity contribution < 1.29 is 9.32 Å². The molecule has 0 saturated carbocycles. The fourth-order valence-electron chi connectivity index (χ4n) is 2.75. The quantitative estimate of drug-likeness (QED) is 0.865. The Morgan fingerprint density at radius 2 is 2.41 bits per heavy atom. The number of carbonyl (C=O) groups is 1. The van der Waals surface area contributed by atoms with E-state index in [4.69, 9.17) is 4.52 Å². The van der Waals surface area contributed by atoms with Gasteiger partial charge in [0.25, 0.3) is 5.91 Å². The molecule has 7 nitrogen and oxygen atoms in total. The van der Waals surface area contributed by atoms with E-state index in [2.05, 4.69) is 29.1 Å². The summed E-state index contributed by atoms with van der Waals surface area (Å²) in [6.45, 7) is 5.53. The summed E-state index contributed by atoms with van der Waals surface area (Å²) in [6.07, 6.45) is 6.15. The molecule has 0 radical (unpaired) electrons. The van der Waals surface area contributed by atoms with Gasteiger partial charge < -0.3 is 9.42 Å². The van der Waals surface area contributed by atoms with E-state index in [9.17, 15) is 4.79 Å². The first-order chi connectivity index (χ1) is 10.7. The zero-order chi connectivity index (χ0) is 15.5. The van der Waals surface area contributed by atoms with Crippen molar-refractivity contribution in [1.29, 1.82) is 0 Å². The molecule has 2 atom stereocenters. The van der Waals surface area contributed by atoms with E-state index < -0.39 is 0 Å². The predicted octanol–water partition coefficient (Wildman–Crippen LogP) is 2.26. The second-order valence-electron chi connectivity index (χ2n) is 5.85. The Morgan fingerprint density at radius 1 is 1.55 bits per heavy atom. The third kappa shape index (κ3) is 2.88. The van der Waals surface area contributed by atoms with Crippen molar-refractivity contribution in [2.24, 2.45) is 0 Å². The minimum atomic E-state index is -0.0909. The van der Waals surface area contributed by atoms with Crippen LogP contribution in [-0.4, -0.2) is 43.8 Å². The molecule has 1 fully saturated rings. The lowest BCUT2D eigenvalue weighted by atomic mass is 10.0. The molecule has 1 amide bonds. The van der Waals surface area contributed by atoms with Gasteiger partial charge in [-0.25, -0.2) is 9.67 Å². The average Bonchev–Trinajstić information content (AvgIpc) is 3.25. The van der Waals surface area contributed by atoms with Crippen LogP contribution >= 0.6 is 0 Å². The van der Waals surface area contributed by atoms with E-state index in [0.29, 0.717) is 18.2 Å². The van der Waals surface area contributed by atoms with Gasteiger partial charge in [-0.15, -0.1) is 0 Å². The molecule has 1 aliphatic rings. The highest BCUT2D eigenvalue weighted by atomic mass is 16.5. The second-order valence-corrected chi connectivity index (χ2v) is 5.85. The van der Waals surface area contributed by atoms with Crippen LogP contribution in [0.25, 0.3) is 0 Å². The van der Waals surface area contributed by atoms with Crippen molar-refractivity contribution in [2.45, 2.75) is 45.1 Å². The lowest BCUT2D eigenvalue weighted by Gasteiger charge is -2.31. The molecule has 0 aromatic carbocycles. The van der Waals surface area contributed by atoms with Crippen molar-refractivity contribution in [3.63, 3.8) is 0 Å². The summed E-state index contributed by atoms with van der Waals surface area (Å²) < 4.78 is 7.08. The molecule has 3 rings (SSSR count). The van der Waals surface area contributed by atoms with E-state index in [1.54, 1.807) is 12.4 Å². The Labute approximate surface area is 129 Å². The van der Waals surface area contributed by atoms with E-state index in [1.165, 1.54) is 6.33 Å². The van der Waals surface area contributed by atoms with Crippen LogP contribution in [0.5, 0.6) is 0 Å². The van der Waals surface area contributed by atoms with Crippen molar-refractivity contribution in [3.05, 3.63) is 30.2 Å². The standard InChI is InChI=1S/C15H21N5O2/c1-3-11(2)13-7-14(22-18-13)15(21)19-6-4-5-12(8-19)20-10-16-9-17-20/h7,9-12H,3-6,8H2,1-2H3.